The first-order chi connectivity index (χ1) is 8.29. The van der Waals surface area contributed by atoms with E-state index in [1.807, 2.05) is 4.68 Å². The molecule has 1 saturated carbocycles. The lowest BCUT2D eigenvalue weighted by Crippen LogP contribution is -2.44. The third kappa shape index (κ3) is 2.99. The molecule has 17 heavy (non-hydrogen) atoms. The predicted molar refractivity (Wildman–Crippen MR) is 69.1 cm³/mol. The quantitative estimate of drug-likeness (QED) is 0.795. The standard InChI is InChI=1S/C12H21ClN4/c1-2-7-17-11(14-10-16-17)8-15-12(9-13)5-3-4-6-12/h10,15H,2-9H2,1H3. The molecule has 0 amide bonds. The molecule has 1 fully saturated rings. The van der Waals surface area contributed by atoms with Gasteiger partial charge in [-0.3, -0.25) is 0 Å². The first kappa shape index (κ1) is 12.8. The summed E-state index contributed by atoms with van der Waals surface area (Å²) in [5, 5.41) is 7.82. The molecule has 96 valence electrons. The molecule has 0 atom stereocenters. The van der Waals surface area contributed by atoms with Crippen LogP contribution in [0.25, 0.3) is 0 Å². The van der Waals surface area contributed by atoms with Crippen LogP contribution in [0.15, 0.2) is 6.33 Å². The maximum absolute atomic E-state index is 6.10. The smallest absolute Gasteiger partial charge is 0.140 e. The van der Waals surface area contributed by atoms with Crippen molar-refractivity contribution < 1.29 is 0 Å². The zero-order chi connectivity index (χ0) is 12.1. The zero-order valence-corrected chi connectivity index (χ0v) is 11.2. The Morgan fingerprint density at radius 2 is 2.24 bits per heavy atom. The topological polar surface area (TPSA) is 42.7 Å². The van der Waals surface area contributed by atoms with Crippen LogP contribution in [0.1, 0.15) is 44.9 Å². The number of alkyl halides is 1. The Morgan fingerprint density at radius 3 is 2.88 bits per heavy atom. The molecule has 1 aliphatic rings. The van der Waals surface area contributed by atoms with E-state index >= 15 is 0 Å². The molecule has 1 heterocycles. The number of aromatic nitrogens is 3. The fraction of sp³-hybridized carbons (Fsp3) is 0.833. The van der Waals surface area contributed by atoms with Gasteiger partial charge in [0.1, 0.15) is 12.2 Å². The van der Waals surface area contributed by atoms with Gasteiger partial charge in [-0.2, -0.15) is 5.10 Å². The van der Waals surface area contributed by atoms with Crippen LogP contribution < -0.4 is 5.32 Å². The minimum absolute atomic E-state index is 0.130. The highest BCUT2D eigenvalue weighted by atomic mass is 35.5. The summed E-state index contributed by atoms with van der Waals surface area (Å²) in [4.78, 5) is 4.31. The number of hydrogen-bond donors (Lipinski definition) is 1. The van der Waals surface area contributed by atoms with E-state index in [4.69, 9.17) is 11.6 Å². The summed E-state index contributed by atoms with van der Waals surface area (Å²) in [6.07, 6.45) is 7.63. The van der Waals surface area contributed by atoms with Crippen molar-refractivity contribution in [2.75, 3.05) is 5.88 Å². The number of aryl methyl sites for hydroxylation is 1. The van der Waals surface area contributed by atoms with E-state index in [1.165, 1.54) is 25.7 Å². The second-order valence-corrected chi connectivity index (χ2v) is 5.14. The fourth-order valence-electron chi connectivity index (χ4n) is 2.50. The van der Waals surface area contributed by atoms with E-state index in [-0.39, 0.29) is 5.54 Å². The highest BCUT2D eigenvalue weighted by Gasteiger charge is 2.32. The molecular weight excluding hydrogens is 236 g/mol. The van der Waals surface area contributed by atoms with Crippen molar-refractivity contribution in [1.29, 1.82) is 0 Å². The average molecular weight is 257 g/mol. The number of nitrogens with zero attached hydrogens (tertiary/aromatic N) is 3. The van der Waals surface area contributed by atoms with Crippen molar-refractivity contribution in [2.45, 2.75) is 57.7 Å². The van der Waals surface area contributed by atoms with Crippen molar-refractivity contribution in [3.63, 3.8) is 0 Å². The number of halogens is 1. The SMILES string of the molecule is CCCn1ncnc1CNC1(CCl)CCCC1. The Labute approximate surface area is 108 Å². The first-order valence-corrected chi connectivity index (χ1v) is 7.01. The first-order valence-electron chi connectivity index (χ1n) is 6.47. The van der Waals surface area contributed by atoms with Gasteiger partial charge in [0.05, 0.1) is 6.54 Å². The maximum Gasteiger partial charge on any atom is 0.140 e. The van der Waals surface area contributed by atoms with Gasteiger partial charge in [-0.15, -0.1) is 11.6 Å². The molecule has 2 rings (SSSR count). The van der Waals surface area contributed by atoms with E-state index in [0.29, 0.717) is 5.88 Å². The number of rotatable bonds is 6. The second kappa shape index (κ2) is 5.83. The van der Waals surface area contributed by atoms with Crippen molar-refractivity contribution in [1.82, 2.24) is 20.1 Å². The van der Waals surface area contributed by atoms with Crippen LogP contribution in [0.3, 0.4) is 0 Å². The van der Waals surface area contributed by atoms with Crippen LogP contribution in [-0.2, 0) is 13.1 Å². The Morgan fingerprint density at radius 1 is 1.47 bits per heavy atom. The molecule has 1 aliphatic carbocycles. The van der Waals surface area contributed by atoms with Gasteiger partial charge >= 0.3 is 0 Å². The predicted octanol–water partition coefficient (Wildman–Crippen LogP) is 2.33. The summed E-state index contributed by atoms with van der Waals surface area (Å²) >= 11 is 6.10. The lowest BCUT2D eigenvalue weighted by molar-refractivity contribution is 0.357. The van der Waals surface area contributed by atoms with E-state index in [0.717, 1.165) is 25.3 Å². The highest BCUT2D eigenvalue weighted by molar-refractivity contribution is 6.18. The van der Waals surface area contributed by atoms with Crippen LogP contribution >= 0.6 is 11.6 Å². The fourth-order valence-corrected chi connectivity index (χ4v) is 2.86. The molecule has 0 unspecified atom stereocenters. The summed E-state index contributed by atoms with van der Waals surface area (Å²) < 4.78 is 1.98. The van der Waals surface area contributed by atoms with Crippen LogP contribution in [0.2, 0.25) is 0 Å². The Balaban J connectivity index is 1.94. The maximum atomic E-state index is 6.10. The molecule has 0 spiro atoms. The monoisotopic (exact) mass is 256 g/mol. The normalized spacial score (nSPS) is 18.7. The van der Waals surface area contributed by atoms with E-state index in [1.54, 1.807) is 6.33 Å². The molecule has 5 heteroatoms. The van der Waals surface area contributed by atoms with Crippen molar-refractivity contribution >= 4 is 11.6 Å². The lowest BCUT2D eigenvalue weighted by atomic mass is 10.0. The number of hydrogen-bond acceptors (Lipinski definition) is 3. The van der Waals surface area contributed by atoms with E-state index < -0.39 is 0 Å². The molecule has 0 aliphatic heterocycles. The van der Waals surface area contributed by atoms with Gasteiger partial charge in [-0.05, 0) is 19.3 Å². The van der Waals surface area contributed by atoms with Crippen molar-refractivity contribution in [2.24, 2.45) is 0 Å². The van der Waals surface area contributed by atoms with Gasteiger partial charge in [0.25, 0.3) is 0 Å². The average Bonchev–Trinajstić information content (AvgIpc) is 2.97. The zero-order valence-electron chi connectivity index (χ0n) is 10.5. The van der Waals surface area contributed by atoms with Crippen molar-refractivity contribution in [3.05, 3.63) is 12.2 Å². The molecule has 0 saturated heterocycles. The second-order valence-electron chi connectivity index (χ2n) is 4.87. The highest BCUT2D eigenvalue weighted by Crippen LogP contribution is 2.30. The Hall–Kier alpha value is -0.610. The lowest BCUT2D eigenvalue weighted by Gasteiger charge is -2.27. The van der Waals surface area contributed by atoms with Crippen LogP contribution in [0, 0.1) is 0 Å². The largest absolute Gasteiger partial charge is 0.303 e. The molecule has 1 N–H and O–H groups in total. The molecular formula is C12H21ClN4. The summed E-state index contributed by atoms with van der Waals surface area (Å²) in [5.41, 5.74) is 0.130. The van der Waals surface area contributed by atoms with Crippen LogP contribution in [0.5, 0.6) is 0 Å². The van der Waals surface area contributed by atoms with E-state index in [2.05, 4.69) is 22.3 Å². The molecule has 0 radical (unpaired) electrons. The summed E-state index contributed by atoms with van der Waals surface area (Å²) in [5.74, 6) is 1.71. The minimum Gasteiger partial charge on any atom is -0.303 e. The summed E-state index contributed by atoms with van der Waals surface area (Å²) in [6.45, 7) is 3.85. The molecule has 0 bridgehead atoms. The van der Waals surface area contributed by atoms with Gasteiger partial charge in [0.15, 0.2) is 0 Å². The Kier molecular flexibility index (Phi) is 4.40. The Bertz CT molecular complexity index is 344. The van der Waals surface area contributed by atoms with E-state index in [9.17, 15) is 0 Å². The van der Waals surface area contributed by atoms with Gasteiger partial charge in [0, 0.05) is 18.0 Å². The third-order valence-electron chi connectivity index (χ3n) is 3.57. The summed E-state index contributed by atoms with van der Waals surface area (Å²) in [7, 11) is 0. The van der Waals surface area contributed by atoms with Gasteiger partial charge in [-0.25, -0.2) is 9.67 Å². The molecule has 0 aromatic carbocycles. The summed E-state index contributed by atoms with van der Waals surface area (Å²) in [6, 6.07) is 0. The minimum atomic E-state index is 0.130. The third-order valence-corrected chi connectivity index (χ3v) is 4.08. The van der Waals surface area contributed by atoms with Crippen LogP contribution in [0.4, 0.5) is 0 Å². The van der Waals surface area contributed by atoms with Crippen LogP contribution in [-0.4, -0.2) is 26.2 Å². The van der Waals surface area contributed by atoms with Gasteiger partial charge in [-0.1, -0.05) is 19.8 Å². The van der Waals surface area contributed by atoms with Gasteiger partial charge < -0.3 is 5.32 Å². The van der Waals surface area contributed by atoms with Gasteiger partial charge in [0.2, 0.25) is 0 Å². The molecule has 1 aromatic heterocycles. The molecule has 4 nitrogen and oxygen atoms in total. The molecule has 1 aromatic rings. The van der Waals surface area contributed by atoms with Crippen molar-refractivity contribution in [3.8, 4) is 0 Å². The number of nitrogens with one attached hydrogen (secondary N) is 1.